The number of carbonyl (C=O) groups excluding carboxylic acids is 1. The molecule has 0 spiro atoms. The van der Waals surface area contributed by atoms with Crippen molar-refractivity contribution in [2.75, 3.05) is 0 Å². The molecule has 1 unspecified atom stereocenters. The fourth-order valence-electron chi connectivity index (χ4n) is 3.51. The zero-order valence-electron chi connectivity index (χ0n) is 17.7. The number of nitrogens with zero attached hydrogens (tertiary/aromatic N) is 2. The van der Waals surface area contributed by atoms with E-state index in [2.05, 4.69) is 65.5 Å². The topological polar surface area (TPSA) is 70.7 Å². The minimum atomic E-state index is 0.0408. The summed E-state index contributed by atoms with van der Waals surface area (Å²) in [5.41, 5.74) is 1.26. The first-order chi connectivity index (χ1) is 13.7. The second-order valence-corrected chi connectivity index (χ2v) is 7.62. The van der Waals surface area contributed by atoms with Crippen molar-refractivity contribution in [3.63, 3.8) is 0 Å². The molecule has 5 nitrogen and oxygen atoms in total. The van der Waals surface area contributed by atoms with Crippen molar-refractivity contribution in [1.82, 2.24) is 20.5 Å². The van der Waals surface area contributed by atoms with Gasteiger partial charge in [-0.3, -0.25) is 9.89 Å². The monoisotopic (exact) mass is 384 g/mol. The second kappa shape index (κ2) is 12.4. The number of aromatic nitrogens is 3. The summed E-state index contributed by atoms with van der Waals surface area (Å²) in [5, 5.41) is 11.2. The number of carbonyl (C=O) groups is 1. The molecule has 2 rings (SSSR count). The molecule has 0 radical (unpaired) electrons. The minimum absolute atomic E-state index is 0.0408. The van der Waals surface area contributed by atoms with Crippen molar-refractivity contribution in [3.05, 3.63) is 47.5 Å². The molecular formula is C23H36N4O. The SMILES string of the molecule is CCCCCC(=O)Cc1nc([C@H](Cc2ccccc2)NC(CC)CCC)n[nH]1. The van der Waals surface area contributed by atoms with Gasteiger partial charge in [-0.25, -0.2) is 4.98 Å². The maximum Gasteiger partial charge on any atom is 0.167 e. The minimum Gasteiger partial charge on any atom is -0.304 e. The van der Waals surface area contributed by atoms with Gasteiger partial charge in [-0.05, 0) is 31.2 Å². The number of rotatable bonds is 14. The summed E-state index contributed by atoms with van der Waals surface area (Å²) in [6.45, 7) is 6.58. The van der Waals surface area contributed by atoms with E-state index >= 15 is 0 Å². The Kier molecular flexibility index (Phi) is 9.91. The largest absolute Gasteiger partial charge is 0.304 e. The summed E-state index contributed by atoms with van der Waals surface area (Å²) in [4.78, 5) is 16.8. The van der Waals surface area contributed by atoms with Crippen molar-refractivity contribution in [3.8, 4) is 0 Å². The van der Waals surface area contributed by atoms with Crippen LogP contribution in [-0.2, 0) is 17.6 Å². The molecule has 28 heavy (non-hydrogen) atoms. The summed E-state index contributed by atoms with van der Waals surface area (Å²) in [6, 6.07) is 10.9. The molecule has 0 saturated carbocycles. The Morgan fingerprint density at radius 2 is 1.89 bits per heavy atom. The maximum atomic E-state index is 12.2. The Hall–Kier alpha value is -2.01. The van der Waals surface area contributed by atoms with E-state index in [-0.39, 0.29) is 11.8 Å². The molecular weight excluding hydrogens is 348 g/mol. The third-order valence-corrected chi connectivity index (χ3v) is 5.13. The van der Waals surface area contributed by atoms with E-state index in [1.807, 2.05) is 6.07 Å². The predicted molar refractivity (Wildman–Crippen MR) is 114 cm³/mol. The van der Waals surface area contributed by atoms with Gasteiger partial charge in [0.2, 0.25) is 0 Å². The first-order valence-corrected chi connectivity index (χ1v) is 10.9. The molecule has 154 valence electrons. The van der Waals surface area contributed by atoms with Crippen LogP contribution in [0.2, 0.25) is 0 Å². The first kappa shape index (κ1) is 22.3. The Morgan fingerprint density at radius 3 is 2.57 bits per heavy atom. The van der Waals surface area contributed by atoms with Crippen molar-refractivity contribution >= 4 is 5.78 Å². The normalized spacial score (nSPS) is 13.4. The van der Waals surface area contributed by atoms with Crippen molar-refractivity contribution < 1.29 is 4.79 Å². The Morgan fingerprint density at radius 1 is 1.11 bits per heavy atom. The number of hydrogen-bond donors (Lipinski definition) is 2. The van der Waals surface area contributed by atoms with Crippen LogP contribution in [0.3, 0.4) is 0 Å². The standard InChI is InChI=1S/C23H36N4O/c1-4-7-9-15-20(28)17-22-25-23(27-26-22)21(24-19(6-3)12-5-2)16-18-13-10-8-11-14-18/h8,10-11,13-14,19,21,24H,4-7,9,12,15-17H2,1-3H3,(H,25,26,27)/t19?,21-/m0/s1. The molecule has 1 aromatic heterocycles. The summed E-state index contributed by atoms with van der Waals surface area (Å²) in [5.74, 6) is 1.68. The highest BCUT2D eigenvalue weighted by atomic mass is 16.1. The molecule has 5 heteroatoms. The zero-order valence-corrected chi connectivity index (χ0v) is 17.7. The lowest BCUT2D eigenvalue weighted by atomic mass is 10.0. The van der Waals surface area contributed by atoms with Gasteiger partial charge in [-0.15, -0.1) is 0 Å². The van der Waals surface area contributed by atoms with E-state index in [9.17, 15) is 4.79 Å². The van der Waals surface area contributed by atoms with E-state index in [0.717, 1.165) is 50.8 Å². The van der Waals surface area contributed by atoms with Gasteiger partial charge in [0, 0.05) is 12.5 Å². The van der Waals surface area contributed by atoms with Gasteiger partial charge in [0.15, 0.2) is 5.82 Å². The molecule has 0 saturated heterocycles. The highest BCUT2D eigenvalue weighted by Crippen LogP contribution is 2.18. The maximum absolute atomic E-state index is 12.2. The van der Waals surface area contributed by atoms with Crippen LogP contribution in [0.4, 0.5) is 0 Å². The van der Waals surface area contributed by atoms with Crippen molar-refractivity contribution in [2.24, 2.45) is 0 Å². The zero-order chi connectivity index (χ0) is 20.2. The average molecular weight is 385 g/mol. The number of aromatic amines is 1. The lowest BCUT2D eigenvalue weighted by Gasteiger charge is -2.23. The van der Waals surface area contributed by atoms with E-state index in [4.69, 9.17) is 0 Å². The lowest BCUT2D eigenvalue weighted by Crippen LogP contribution is -2.34. The molecule has 2 atom stereocenters. The second-order valence-electron chi connectivity index (χ2n) is 7.62. The van der Waals surface area contributed by atoms with Crippen LogP contribution in [0.25, 0.3) is 0 Å². The molecule has 0 amide bonds. The van der Waals surface area contributed by atoms with Gasteiger partial charge in [0.05, 0.1) is 12.5 Å². The van der Waals surface area contributed by atoms with Gasteiger partial charge in [0.25, 0.3) is 0 Å². The smallest absolute Gasteiger partial charge is 0.167 e. The number of H-pyrrole nitrogens is 1. The van der Waals surface area contributed by atoms with Gasteiger partial charge >= 0.3 is 0 Å². The van der Waals surface area contributed by atoms with Crippen LogP contribution < -0.4 is 5.32 Å². The van der Waals surface area contributed by atoms with Crippen LogP contribution in [0.5, 0.6) is 0 Å². The summed E-state index contributed by atoms with van der Waals surface area (Å²) >= 11 is 0. The highest BCUT2D eigenvalue weighted by molar-refractivity contribution is 5.80. The summed E-state index contributed by atoms with van der Waals surface area (Å²) in [7, 11) is 0. The lowest BCUT2D eigenvalue weighted by molar-refractivity contribution is -0.118. The third kappa shape index (κ3) is 7.55. The van der Waals surface area contributed by atoms with Gasteiger partial charge in [-0.2, -0.15) is 5.10 Å². The molecule has 1 aromatic carbocycles. The van der Waals surface area contributed by atoms with E-state index in [1.54, 1.807) is 0 Å². The summed E-state index contributed by atoms with van der Waals surface area (Å²) < 4.78 is 0. The Balaban J connectivity index is 2.07. The number of benzene rings is 1. The molecule has 2 aromatic rings. The highest BCUT2D eigenvalue weighted by Gasteiger charge is 2.21. The number of hydrogen-bond acceptors (Lipinski definition) is 4. The number of ketones is 1. The average Bonchev–Trinajstić information content (AvgIpc) is 3.16. The third-order valence-electron chi connectivity index (χ3n) is 5.13. The van der Waals surface area contributed by atoms with Crippen LogP contribution in [0, 0.1) is 0 Å². The molecule has 0 bridgehead atoms. The van der Waals surface area contributed by atoms with Gasteiger partial charge in [0.1, 0.15) is 11.6 Å². The van der Waals surface area contributed by atoms with Crippen LogP contribution in [-0.4, -0.2) is 27.0 Å². The van der Waals surface area contributed by atoms with Crippen molar-refractivity contribution in [2.45, 2.75) is 90.6 Å². The van der Waals surface area contributed by atoms with Crippen LogP contribution in [0.15, 0.2) is 30.3 Å². The molecule has 0 aliphatic carbocycles. The number of nitrogens with one attached hydrogen (secondary N) is 2. The van der Waals surface area contributed by atoms with Crippen LogP contribution in [0.1, 0.15) is 89.0 Å². The molecule has 1 heterocycles. The molecule has 0 aliphatic rings. The van der Waals surface area contributed by atoms with Gasteiger partial charge < -0.3 is 5.32 Å². The summed E-state index contributed by atoms with van der Waals surface area (Å²) in [6.07, 6.45) is 8.36. The molecule has 2 N–H and O–H groups in total. The van der Waals surface area contributed by atoms with E-state index in [1.165, 1.54) is 5.56 Å². The Bertz CT molecular complexity index is 683. The number of Topliss-reactive ketones (excluding diaryl/α,β-unsaturated/α-hetero) is 1. The van der Waals surface area contributed by atoms with Crippen molar-refractivity contribution in [1.29, 1.82) is 0 Å². The molecule has 0 fully saturated rings. The first-order valence-electron chi connectivity index (χ1n) is 10.9. The quantitative estimate of drug-likeness (QED) is 0.452. The fourth-order valence-corrected chi connectivity index (χ4v) is 3.51. The van der Waals surface area contributed by atoms with Gasteiger partial charge in [-0.1, -0.05) is 70.4 Å². The predicted octanol–water partition coefficient (Wildman–Crippen LogP) is 4.95. The number of unbranched alkanes of at least 4 members (excludes halogenated alkanes) is 2. The Labute approximate surface area is 169 Å². The van der Waals surface area contributed by atoms with E-state index < -0.39 is 0 Å². The molecule has 0 aliphatic heterocycles. The van der Waals surface area contributed by atoms with Crippen LogP contribution >= 0.6 is 0 Å². The van der Waals surface area contributed by atoms with E-state index in [0.29, 0.717) is 24.7 Å². The fraction of sp³-hybridized carbons (Fsp3) is 0.609.